The van der Waals surface area contributed by atoms with Gasteiger partial charge >= 0.3 is 24.2 Å². The molecule has 0 saturated carbocycles. The van der Waals surface area contributed by atoms with Crippen LogP contribution in [0.4, 0.5) is 9.59 Å². The third-order valence-electron chi connectivity index (χ3n) is 6.91. The minimum Gasteiger partial charge on any atom is -0.434 e. The molecule has 2 unspecified atom stereocenters. The fraction of sp³-hybridized carbons (Fsp3) is 0.353. The Hall–Kier alpha value is -4.94. The van der Waals surface area contributed by atoms with Crippen molar-refractivity contribution in [3.8, 4) is 23.0 Å². The molecule has 2 heterocycles. The maximum Gasteiger partial charge on any atom is 0.513 e. The van der Waals surface area contributed by atoms with Gasteiger partial charge in [-0.2, -0.15) is 0 Å². The van der Waals surface area contributed by atoms with E-state index in [4.69, 9.17) is 37.9 Å². The highest BCUT2D eigenvalue weighted by Gasteiger charge is 2.22. The van der Waals surface area contributed by atoms with Crippen LogP contribution in [0.2, 0.25) is 0 Å². The van der Waals surface area contributed by atoms with E-state index < -0.39 is 24.2 Å². The number of esters is 2. The van der Waals surface area contributed by atoms with E-state index in [-0.39, 0.29) is 47.3 Å². The van der Waals surface area contributed by atoms with Crippen LogP contribution in [-0.4, -0.2) is 62.9 Å². The van der Waals surface area contributed by atoms with E-state index in [9.17, 15) is 19.2 Å². The first-order valence-electron chi connectivity index (χ1n) is 15.1. The number of rotatable bonds is 16. The van der Waals surface area contributed by atoms with Crippen molar-refractivity contribution in [2.75, 3.05) is 26.4 Å². The second-order valence-corrected chi connectivity index (χ2v) is 10.6. The molecule has 0 radical (unpaired) electrons. The molecule has 3 aromatic rings. The number of unbranched alkanes of at least 4 members (excludes halogenated alkanes) is 2. The number of benzene rings is 3. The van der Waals surface area contributed by atoms with E-state index in [1.165, 1.54) is 72.8 Å². The lowest BCUT2D eigenvalue weighted by atomic mass is 10.2. The van der Waals surface area contributed by atoms with Gasteiger partial charge in [-0.05, 0) is 111 Å². The van der Waals surface area contributed by atoms with Crippen molar-refractivity contribution < 1.29 is 57.1 Å². The van der Waals surface area contributed by atoms with Crippen LogP contribution in [0.3, 0.4) is 0 Å². The van der Waals surface area contributed by atoms with Crippen LogP contribution >= 0.6 is 0 Å². The van der Waals surface area contributed by atoms with E-state index in [2.05, 4.69) is 0 Å². The molecule has 0 bridgehead atoms. The van der Waals surface area contributed by atoms with Crippen molar-refractivity contribution in [1.82, 2.24) is 0 Å². The molecule has 12 heteroatoms. The van der Waals surface area contributed by atoms with Crippen LogP contribution in [0.5, 0.6) is 23.0 Å². The molecule has 12 nitrogen and oxygen atoms in total. The average molecular weight is 635 g/mol. The largest absolute Gasteiger partial charge is 0.513 e. The number of hydrogen-bond acceptors (Lipinski definition) is 12. The van der Waals surface area contributed by atoms with Gasteiger partial charge in [0, 0.05) is 0 Å². The fourth-order valence-corrected chi connectivity index (χ4v) is 4.21. The molecule has 5 rings (SSSR count). The Morgan fingerprint density at radius 1 is 0.500 bits per heavy atom. The summed E-state index contributed by atoms with van der Waals surface area (Å²) in [6.07, 6.45) is 4.27. The van der Waals surface area contributed by atoms with Gasteiger partial charge in [-0.15, -0.1) is 0 Å². The molecule has 46 heavy (non-hydrogen) atoms. The van der Waals surface area contributed by atoms with Gasteiger partial charge in [0.25, 0.3) is 0 Å². The summed E-state index contributed by atoms with van der Waals surface area (Å²) >= 11 is 0. The quantitative estimate of drug-likeness (QED) is 0.0573. The number of hydrogen-bond donors (Lipinski definition) is 0. The Morgan fingerprint density at radius 2 is 0.826 bits per heavy atom. The van der Waals surface area contributed by atoms with Crippen LogP contribution in [-0.2, 0) is 18.9 Å². The molecule has 3 aromatic carbocycles. The maximum atomic E-state index is 12.6. The normalized spacial score (nSPS) is 16.1. The molecule has 2 atom stereocenters. The first-order valence-corrected chi connectivity index (χ1v) is 15.1. The molecule has 2 saturated heterocycles. The summed E-state index contributed by atoms with van der Waals surface area (Å²) in [6.45, 7) is 2.14. The SMILES string of the molecule is O=C(OCCCCC1CO1)Oc1ccc(C(=O)Oc2ccc(OC(=O)c3ccc(OC(=O)OCCCCC4CO4)cc3)cc2)cc1. The molecule has 0 N–H and O–H groups in total. The van der Waals surface area contributed by atoms with Crippen LogP contribution < -0.4 is 18.9 Å². The van der Waals surface area contributed by atoms with Gasteiger partial charge in [-0.3, -0.25) is 0 Å². The minimum absolute atomic E-state index is 0.227. The van der Waals surface area contributed by atoms with Gasteiger partial charge < -0.3 is 37.9 Å². The standard InChI is InChI=1S/C34H34O12/c35-31(23-7-11-27(12-8-23)45-33(37)39-19-3-1-5-29-21-41-29)43-25-15-17-26(18-16-25)44-32(36)24-9-13-28(14-10-24)46-34(38)40-20-4-2-6-30-22-42-30/h7-18,29-30H,1-6,19-22H2. The van der Waals surface area contributed by atoms with Crippen molar-refractivity contribution in [2.45, 2.75) is 50.7 Å². The van der Waals surface area contributed by atoms with E-state index in [0.717, 1.165) is 51.7 Å². The van der Waals surface area contributed by atoms with Gasteiger partial charge in [0.1, 0.15) is 23.0 Å². The van der Waals surface area contributed by atoms with Crippen LogP contribution in [0.1, 0.15) is 59.2 Å². The molecule has 2 fully saturated rings. The number of carbonyl (C=O) groups excluding carboxylic acids is 4. The molecule has 2 aliphatic heterocycles. The summed E-state index contributed by atoms with van der Waals surface area (Å²) in [5.41, 5.74) is 0.470. The zero-order chi connectivity index (χ0) is 32.1. The summed E-state index contributed by atoms with van der Waals surface area (Å²) < 4.78 is 41.4. The Bertz CT molecular complexity index is 1350. The minimum atomic E-state index is -0.816. The number of ether oxygens (including phenoxy) is 8. The fourth-order valence-electron chi connectivity index (χ4n) is 4.21. The lowest BCUT2D eigenvalue weighted by molar-refractivity contribution is 0.0719. The predicted octanol–water partition coefficient (Wildman–Crippen LogP) is 6.29. The van der Waals surface area contributed by atoms with Crippen molar-refractivity contribution in [3.63, 3.8) is 0 Å². The lowest BCUT2D eigenvalue weighted by Gasteiger charge is -2.09. The van der Waals surface area contributed by atoms with Crippen molar-refractivity contribution in [2.24, 2.45) is 0 Å². The van der Waals surface area contributed by atoms with Crippen molar-refractivity contribution >= 4 is 24.2 Å². The van der Waals surface area contributed by atoms with E-state index in [1.807, 2.05) is 0 Å². The molecular formula is C34H34O12. The monoisotopic (exact) mass is 634 g/mol. The zero-order valence-electron chi connectivity index (χ0n) is 25.1. The lowest BCUT2D eigenvalue weighted by Crippen LogP contribution is -2.12. The molecule has 0 aromatic heterocycles. The van der Waals surface area contributed by atoms with E-state index in [1.54, 1.807) is 0 Å². The Balaban J connectivity index is 0.995. The van der Waals surface area contributed by atoms with E-state index in [0.29, 0.717) is 12.2 Å². The summed E-state index contributed by atoms with van der Waals surface area (Å²) in [5, 5.41) is 0. The molecule has 0 amide bonds. The molecular weight excluding hydrogens is 600 g/mol. The summed E-state index contributed by atoms with van der Waals surface area (Å²) in [6, 6.07) is 17.6. The summed E-state index contributed by atoms with van der Waals surface area (Å²) in [7, 11) is 0. The van der Waals surface area contributed by atoms with E-state index >= 15 is 0 Å². The van der Waals surface area contributed by atoms with Crippen LogP contribution in [0, 0.1) is 0 Å². The van der Waals surface area contributed by atoms with Gasteiger partial charge in [-0.1, -0.05) is 0 Å². The van der Waals surface area contributed by atoms with Gasteiger partial charge in [0.05, 0.1) is 49.8 Å². The number of epoxide rings is 2. The molecule has 0 spiro atoms. The summed E-state index contributed by atoms with van der Waals surface area (Å²) in [4.78, 5) is 48.8. The van der Waals surface area contributed by atoms with Crippen LogP contribution in [0.25, 0.3) is 0 Å². The highest BCUT2D eigenvalue weighted by atomic mass is 16.7. The van der Waals surface area contributed by atoms with Gasteiger partial charge in [0.15, 0.2) is 0 Å². The van der Waals surface area contributed by atoms with Gasteiger partial charge in [0.2, 0.25) is 0 Å². The zero-order valence-corrected chi connectivity index (χ0v) is 25.1. The van der Waals surface area contributed by atoms with Crippen LogP contribution in [0.15, 0.2) is 72.8 Å². The molecule has 2 aliphatic rings. The second-order valence-electron chi connectivity index (χ2n) is 10.6. The highest BCUT2D eigenvalue weighted by molar-refractivity contribution is 5.92. The summed E-state index contributed by atoms with van der Waals surface area (Å²) in [5.74, 6) is -0.351. The van der Waals surface area contributed by atoms with Crippen molar-refractivity contribution in [1.29, 1.82) is 0 Å². The molecule has 242 valence electrons. The Kier molecular flexibility index (Phi) is 11.6. The third kappa shape index (κ3) is 11.2. The number of carbonyl (C=O) groups is 4. The predicted molar refractivity (Wildman–Crippen MR) is 160 cm³/mol. The maximum absolute atomic E-state index is 12.6. The average Bonchev–Trinajstić information content (AvgIpc) is 3.99. The smallest absolute Gasteiger partial charge is 0.434 e. The van der Waals surface area contributed by atoms with Gasteiger partial charge in [-0.25, -0.2) is 19.2 Å². The first kappa shape index (κ1) is 32.5. The second kappa shape index (κ2) is 16.4. The molecule has 0 aliphatic carbocycles. The third-order valence-corrected chi connectivity index (χ3v) is 6.91. The first-order chi connectivity index (χ1) is 22.4. The van der Waals surface area contributed by atoms with Crippen molar-refractivity contribution in [3.05, 3.63) is 83.9 Å². The Labute approximate surface area is 265 Å². The Morgan fingerprint density at radius 3 is 1.17 bits per heavy atom. The highest BCUT2D eigenvalue weighted by Crippen LogP contribution is 2.22. The topological polar surface area (TPSA) is 149 Å².